The van der Waals surface area contributed by atoms with Crippen molar-refractivity contribution in [3.05, 3.63) is 63.7 Å². The number of fused-ring (bicyclic) bond motifs is 2. The number of anilines is 1. The monoisotopic (exact) mass is 463 g/mol. The lowest BCUT2D eigenvalue weighted by Crippen LogP contribution is -2.22. The van der Waals surface area contributed by atoms with Crippen LogP contribution in [-0.4, -0.2) is 19.2 Å². The predicted octanol–water partition coefficient (Wildman–Crippen LogP) is 7.21. The van der Waals surface area contributed by atoms with Crippen molar-refractivity contribution in [1.82, 2.24) is 5.32 Å². The summed E-state index contributed by atoms with van der Waals surface area (Å²) in [5.41, 5.74) is 7.05. The third-order valence-electron chi connectivity index (χ3n) is 6.78. The van der Waals surface area contributed by atoms with Crippen LogP contribution < -0.4 is 10.6 Å². The summed E-state index contributed by atoms with van der Waals surface area (Å²) in [6.45, 7) is 5.11. The zero-order valence-electron chi connectivity index (χ0n) is 19.8. The number of hydrogen-bond donors (Lipinski definition) is 2. The molecule has 0 radical (unpaired) electrons. The maximum absolute atomic E-state index is 12.3. The van der Waals surface area contributed by atoms with Crippen LogP contribution >= 0.6 is 11.6 Å². The topological polar surface area (TPSA) is 53.5 Å². The van der Waals surface area contributed by atoms with Gasteiger partial charge in [0.1, 0.15) is 0 Å². The molecule has 2 aromatic rings. The Bertz CT molecular complexity index is 1070. The molecule has 1 amide bonds. The van der Waals surface area contributed by atoms with Crippen LogP contribution in [0.2, 0.25) is 5.02 Å². The van der Waals surface area contributed by atoms with Gasteiger partial charge < -0.3 is 10.6 Å². The van der Waals surface area contributed by atoms with Crippen molar-refractivity contribution in [3.8, 4) is 0 Å². The van der Waals surface area contributed by atoms with E-state index in [1.807, 2.05) is 25.4 Å². The molecule has 1 aliphatic carbocycles. The number of unbranched alkanes of at least 4 members (excludes halogenated alkanes) is 2. The summed E-state index contributed by atoms with van der Waals surface area (Å²) in [5, 5.41) is 7.00. The van der Waals surface area contributed by atoms with Gasteiger partial charge in [0.15, 0.2) is 0 Å². The van der Waals surface area contributed by atoms with Crippen LogP contribution in [-0.2, 0) is 11.3 Å². The molecule has 4 rings (SSSR count). The fraction of sp³-hybridized carbons (Fsp3) is 0.429. The number of hydrogen-bond acceptors (Lipinski definition) is 3. The highest BCUT2D eigenvalue weighted by Gasteiger charge is 2.22. The minimum atomic E-state index is 0.129. The second-order valence-electron chi connectivity index (χ2n) is 9.49. The number of amides is 1. The SMILES string of the molecule is CNc1cc(Cl)cc2c1N=CC2CCCCCC(=O)NCc1ccc2c(c1)C=CC2C(C)C. The number of carbonyl (C=O) groups excluding carboxylic acids is 1. The Labute approximate surface area is 202 Å². The van der Waals surface area contributed by atoms with E-state index < -0.39 is 0 Å². The quantitative estimate of drug-likeness (QED) is 0.365. The first-order valence-corrected chi connectivity index (χ1v) is 12.5. The van der Waals surface area contributed by atoms with E-state index in [0.29, 0.717) is 30.7 Å². The normalized spacial score (nSPS) is 18.0. The lowest BCUT2D eigenvalue weighted by Gasteiger charge is -2.15. The van der Waals surface area contributed by atoms with E-state index >= 15 is 0 Å². The van der Waals surface area contributed by atoms with Crippen LogP contribution in [0.3, 0.4) is 0 Å². The summed E-state index contributed by atoms with van der Waals surface area (Å²) in [6.07, 6.45) is 11.2. The van der Waals surface area contributed by atoms with E-state index in [0.717, 1.165) is 47.6 Å². The van der Waals surface area contributed by atoms with E-state index in [1.165, 1.54) is 16.7 Å². The number of carbonyl (C=O) groups is 1. The largest absolute Gasteiger partial charge is 0.386 e. The first-order chi connectivity index (χ1) is 16.0. The fourth-order valence-corrected chi connectivity index (χ4v) is 5.13. The molecule has 0 fully saturated rings. The van der Waals surface area contributed by atoms with Crippen molar-refractivity contribution in [2.45, 2.75) is 64.3 Å². The maximum Gasteiger partial charge on any atom is 0.220 e. The molecule has 2 aromatic carbocycles. The molecule has 33 heavy (non-hydrogen) atoms. The van der Waals surface area contributed by atoms with Gasteiger partial charge in [-0.25, -0.2) is 0 Å². The Hall–Kier alpha value is -2.59. The zero-order chi connectivity index (χ0) is 23.4. The van der Waals surface area contributed by atoms with Gasteiger partial charge in [-0.05, 0) is 59.2 Å². The van der Waals surface area contributed by atoms with Gasteiger partial charge in [0.2, 0.25) is 5.91 Å². The van der Waals surface area contributed by atoms with Crippen LogP contribution in [0, 0.1) is 5.92 Å². The third-order valence-corrected chi connectivity index (χ3v) is 7.00. The van der Waals surface area contributed by atoms with Crippen LogP contribution in [0.4, 0.5) is 11.4 Å². The molecule has 0 bridgehead atoms. The van der Waals surface area contributed by atoms with Gasteiger partial charge in [-0.2, -0.15) is 0 Å². The zero-order valence-corrected chi connectivity index (χ0v) is 20.6. The van der Waals surface area contributed by atoms with E-state index in [4.69, 9.17) is 11.6 Å². The van der Waals surface area contributed by atoms with Gasteiger partial charge in [0, 0.05) is 43.1 Å². The van der Waals surface area contributed by atoms with Crippen LogP contribution in [0.15, 0.2) is 41.4 Å². The number of halogens is 1. The Balaban J connectivity index is 1.17. The Kier molecular flexibility index (Phi) is 7.54. The highest BCUT2D eigenvalue weighted by molar-refractivity contribution is 6.31. The molecule has 1 aliphatic heterocycles. The lowest BCUT2D eigenvalue weighted by atomic mass is 9.90. The van der Waals surface area contributed by atoms with Crippen LogP contribution in [0.1, 0.15) is 80.0 Å². The van der Waals surface area contributed by atoms with Crippen molar-refractivity contribution in [2.24, 2.45) is 10.9 Å². The van der Waals surface area contributed by atoms with Crippen molar-refractivity contribution in [1.29, 1.82) is 0 Å². The number of aliphatic imine (C=N–C) groups is 1. The summed E-state index contributed by atoms with van der Waals surface area (Å²) < 4.78 is 0. The summed E-state index contributed by atoms with van der Waals surface area (Å²) in [6, 6.07) is 10.5. The second kappa shape index (κ2) is 10.6. The number of benzene rings is 2. The molecule has 0 saturated heterocycles. The summed E-state index contributed by atoms with van der Waals surface area (Å²) in [5.74, 6) is 1.55. The van der Waals surface area contributed by atoms with Crippen molar-refractivity contribution >= 4 is 41.2 Å². The molecule has 174 valence electrons. The Morgan fingerprint density at radius 1 is 1.12 bits per heavy atom. The van der Waals surface area contributed by atoms with Crippen molar-refractivity contribution < 1.29 is 4.79 Å². The molecule has 2 atom stereocenters. The fourth-order valence-electron chi connectivity index (χ4n) is 4.90. The van der Waals surface area contributed by atoms with E-state index in [-0.39, 0.29) is 5.91 Å². The van der Waals surface area contributed by atoms with E-state index in [1.54, 1.807) is 0 Å². The first kappa shape index (κ1) is 23.6. The molecule has 2 N–H and O–H groups in total. The number of rotatable bonds is 10. The summed E-state index contributed by atoms with van der Waals surface area (Å²) >= 11 is 6.27. The van der Waals surface area contributed by atoms with Crippen LogP contribution in [0.25, 0.3) is 6.08 Å². The Morgan fingerprint density at radius 3 is 2.76 bits per heavy atom. The number of nitrogens with one attached hydrogen (secondary N) is 2. The maximum atomic E-state index is 12.3. The molecule has 1 heterocycles. The average Bonchev–Trinajstić information content (AvgIpc) is 3.40. The molecule has 4 nitrogen and oxygen atoms in total. The number of nitrogens with zero attached hydrogens (tertiary/aromatic N) is 1. The lowest BCUT2D eigenvalue weighted by molar-refractivity contribution is -0.121. The van der Waals surface area contributed by atoms with Gasteiger partial charge in [-0.3, -0.25) is 9.79 Å². The van der Waals surface area contributed by atoms with Gasteiger partial charge in [-0.1, -0.05) is 62.6 Å². The van der Waals surface area contributed by atoms with Crippen molar-refractivity contribution in [3.63, 3.8) is 0 Å². The molecule has 5 heteroatoms. The molecular formula is C28H34ClN3O. The first-order valence-electron chi connectivity index (χ1n) is 12.1. The predicted molar refractivity (Wildman–Crippen MR) is 140 cm³/mol. The molecule has 0 spiro atoms. The second-order valence-corrected chi connectivity index (χ2v) is 9.93. The Morgan fingerprint density at radius 2 is 1.97 bits per heavy atom. The smallest absolute Gasteiger partial charge is 0.220 e. The third kappa shape index (κ3) is 5.50. The standard InChI is InChI=1S/C28H34ClN3O/c1-18(2)23-12-10-20-13-19(9-11-24(20)23)16-31-27(33)8-6-4-5-7-21-17-32-28-25(21)14-22(29)15-26(28)30-3/h9-15,17-18,21,23,30H,4-8,16H2,1-3H3,(H,31,33). The van der Waals surface area contributed by atoms with Crippen molar-refractivity contribution in [2.75, 3.05) is 12.4 Å². The molecule has 2 unspecified atom stereocenters. The molecule has 2 aliphatic rings. The van der Waals surface area contributed by atoms with Gasteiger partial charge >= 0.3 is 0 Å². The van der Waals surface area contributed by atoms with E-state index in [2.05, 4.69) is 59.8 Å². The van der Waals surface area contributed by atoms with Crippen LogP contribution in [0.5, 0.6) is 0 Å². The highest BCUT2D eigenvalue weighted by atomic mass is 35.5. The van der Waals surface area contributed by atoms with Gasteiger partial charge in [-0.15, -0.1) is 0 Å². The van der Waals surface area contributed by atoms with E-state index in [9.17, 15) is 4.79 Å². The summed E-state index contributed by atoms with van der Waals surface area (Å²) in [4.78, 5) is 16.9. The molecule has 0 saturated carbocycles. The minimum Gasteiger partial charge on any atom is -0.386 e. The van der Waals surface area contributed by atoms with Gasteiger partial charge in [0.25, 0.3) is 0 Å². The average molecular weight is 464 g/mol. The minimum absolute atomic E-state index is 0.129. The van der Waals surface area contributed by atoms with Gasteiger partial charge in [0.05, 0.1) is 11.4 Å². The molecule has 0 aromatic heterocycles. The summed E-state index contributed by atoms with van der Waals surface area (Å²) in [7, 11) is 1.89. The number of allylic oxidation sites excluding steroid dienone is 1. The highest BCUT2D eigenvalue weighted by Crippen LogP contribution is 2.42. The molecular weight excluding hydrogens is 430 g/mol.